The van der Waals surface area contributed by atoms with E-state index in [1.165, 1.54) is 10.9 Å². The lowest BCUT2D eigenvalue weighted by molar-refractivity contribution is 0.102. The third-order valence-electron chi connectivity index (χ3n) is 4.08. The van der Waals surface area contributed by atoms with Gasteiger partial charge in [-0.2, -0.15) is 0 Å². The average molecular weight is 277 g/mol. The molecule has 0 unspecified atom stereocenters. The first-order chi connectivity index (χ1) is 10.2. The molecule has 0 radical (unpaired) electrons. The molecule has 1 aliphatic carbocycles. The molecule has 104 valence electrons. The number of aromatic amines is 1. The fourth-order valence-electron chi connectivity index (χ4n) is 3.03. The lowest BCUT2D eigenvalue weighted by atomic mass is 9.89. The van der Waals surface area contributed by atoms with Gasteiger partial charge < -0.3 is 9.40 Å². The summed E-state index contributed by atoms with van der Waals surface area (Å²) < 4.78 is 5.31. The van der Waals surface area contributed by atoms with Crippen molar-refractivity contribution in [2.75, 3.05) is 0 Å². The maximum atomic E-state index is 12.7. The number of hydrogen-bond acceptors (Lipinski definition) is 2. The van der Waals surface area contributed by atoms with Crippen LogP contribution in [0.1, 0.15) is 33.8 Å². The molecule has 0 spiro atoms. The number of aromatic nitrogens is 1. The number of rotatable bonds is 1. The maximum absolute atomic E-state index is 12.7. The lowest BCUT2D eigenvalue weighted by Crippen LogP contribution is -2.13. The summed E-state index contributed by atoms with van der Waals surface area (Å²) in [5.74, 6) is 0.815. The van der Waals surface area contributed by atoms with Gasteiger partial charge in [0.05, 0.1) is 12.0 Å². The van der Waals surface area contributed by atoms with E-state index in [9.17, 15) is 4.79 Å². The SMILES string of the molecule is Cc1ccc2[nH]c3c(c2c1)CCC(=Cc1ccco1)C3=O. The number of benzene rings is 1. The van der Waals surface area contributed by atoms with Gasteiger partial charge >= 0.3 is 0 Å². The molecule has 1 aromatic carbocycles. The van der Waals surface area contributed by atoms with Crippen molar-refractivity contribution < 1.29 is 9.21 Å². The minimum atomic E-state index is 0.0847. The number of furan rings is 1. The minimum absolute atomic E-state index is 0.0847. The number of Topliss-reactive ketones (excluding diaryl/α,β-unsaturated/α-hetero) is 1. The molecule has 0 atom stereocenters. The number of hydrogen-bond donors (Lipinski definition) is 1. The number of fused-ring (bicyclic) bond motifs is 3. The molecule has 0 saturated heterocycles. The highest BCUT2D eigenvalue weighted by Crippen LogP contribution is 2.32. The van der Waals surface area contributed by atoms with E-state index < -0.39 is 0 Å². The number of carbonyl (C=O) groups excluding carboxylic acids is 1. The Morgan fingerprint density at radius 3 is 2.95 bits per heavy atom. The predicted octanol–water partition coefficient (Wildman–Crippen LogP) is 4.28. The van der Waals surface area contributed by atoms with E-state index in [-0.39, 0.29) is 5.78 Å². The molecular formula is C18H15NO2. The minimum Gasteiger partial charge on any atom is -0.465 e. The normalized spacial score (nSPS) is 16.6. The number of H-pyrrole nitrogens is 1. The molecule has 0 saturated carbocycles. The number of nitrogens with one attached hydrogen (secondary N) is 1. The van der Waals surface area contributed by atoms with Gasteiger partial charge in [0.1, 0.15) is 5.76 Å². The van der Waals surface area contributed by atoms with Crippen LogP contribution in [0.3, 0.4) is 0 Å². The highest BCUT2D eigenvalue weighted by Gasteiger charge is 2.26. The van der Waals surface area contributed by atoms with Gasteiger partial charge in [-0.05, 0) is 55.7 Å². The van der Waals surface area contributed by atoms with Crippen LogP contribution in [0.5, 0.6) is 0 Å². The van der Waals surface area contributed by atoms with Crippen molar-refractivity contribution >= 4 is 22.8 Å². The van der Waals surface area contributed by atoms with E-state index in [0.29, 0.717) is 0 Å². The van der Waals surface area contributed by atoms with Gasteiger partial charge in [-0.3, -0.25) is 4.79 Å². The Balaban J connectivity index is 1.83. The smallest absolute Gasteiger partial charge is 0.205 e. The van der Waals surface area contributed by atoms with Crippen molar-refractivity contribution in [1.29, 1.82) is 0 Å². The Hall–Kier alpha value is -2.55. The Bertz CT molecular complexity index is 866. The predicted molar refractivity (Wildman–Crippen MR) is 82.4 cm³/mol. The average Bonchev–Trinajstić information content (AvgIpc) is 3.09. The highest BCUT2D eigenvalue weighted by atomic mass is 16.3. The fourth-order valence-corrected chi connectivity index (χ4v) is 3.03. The van der Waals surface area contributed by atoms with Crippen LogP contribution in [0.15, 0.2) is 46.6 Å². The van der Waals surface area contributed by atoms with Crippen molar-refractivity contribution in [3.63, 3.8) is 0 Å². The molecule has 3 aromatic rings. The molecule has 0 amide bonds. The molecule has 21 heavy (non-hydrogen) atoms. The zero-order valence-corrected chi connectivity index (χ0v) is 11.8. The third kappa shape index (κ3) is 1.93. The van der Waals surface area contributed by atoms with E-state index in [1.54, 1.807) is 6.26 Å². The summed E-state index contributed by atoms with van der Waals surface area (Å²) in [6.07, 6.45) is 5.11. The topological polar surface area (TPSA) is 46.0 Å². The van der Waals surface area contributed by atoms with E-state index in [0.717, 1.165) is 40.9 Å². The monoisotopic (exact) mass is 277 g/mol. The molecule has 2 aromatic heterocycles. The van der Waals surface area contributed by atoms with Gasteiger partial charge in [-0.15, -0.1) is 0 Å². The summed E-state index contributed by atoms with van der Waals surface area (Å²) in [7, 11) is 0. The van der Waals surface area contributed by atoms with Crippen LogP contribution < -0.4 is 0 Å². The molecule has 3 nitrogen and oxygen atoms in total. The van der Waals surface area contributed by atoms with Crippen LogP contribution in [0, 0.1) is 6.92 Å². The number of allylic oxidation sites excluding steroid dienone is 1. The van der Waals surface area contributed by atoms with E-state index in [1.807, 2.05) is 24.3 Å². The van der Waals surface area contributed by atoms with Crippen LogP contribution in [-0.2, 0) is 6.42 Å². The number of aryl methyl sites for hydroxylation is 2. The Morgan fingerprint density at radius 2 is 2.14 bits per heavy atom. The highest BCUT2D eigenvalue weighted by molar-refractivity contribution is 6.14. The molecule has 1 aliphatic rings. The zero-order chi connectivity index (χ0) is 14.4. The second-order valence-electron chi connectivity index (χ2n) is 5.54. The molecule has 3 heteroatoms. The van der Waals surface area contributed by atoms with E-state index in [4.69, 9.17) is 4.42 Å². The maximum Gasteiger partial charge on any atom is 0.205 e. The summed E-state index contributed by atoms with van der Waals surface area (Å²) in [6.45, 7) is 2.08. The van der Waals surface area contributed by atoms with Gasteiger partial charge in [0, 0.05) is 16.5 Å². The van der Waals surface area contributed by atoms with Crippen molar-refractivity contribution in [3.05, 3.63) is 64.7 Å². The van der Waals surface area contributed by atoms with Gasteiger partial charge in [-0.1, -0.05) is 11.6 Å². The quantitative estimate of drug-likeness (QED) is 0.675. The van der Waals surface area contributed by atoms with Crippen LogP contribution in [0.25, 0.3) is 17.0 Å². The summed E-state index contributed by atoms with van der Waals surface area (Å²) in [5.41, 5.74) is 4.95. The van der Waals surface area contributed by atoms with Crippen LogP contribution in [-0.4, -0.2) is 10.8 Å². The van der Waals surface area contributed by atoms with E-state index in [2.05, 4.69) is 24.0 Å². The van der Waals surface area contributed by atoms with Crippen LogP contribution in [0.4, 0.5) is 0 Å². The summed E-state index contributed by atoms with van der Waals surface area (Å²) >= 11 is 0. The van der Waals surface area contributed by atoms with Crippen molar-refractivity contribution in [3.8, 4) is 0 Å². The Morgan fingerprint density at radius 1 is 1.24 bits per heavy atom. The van der Waals surface area contributed by atoms with Crippen LogP contribution in [0.2, 0.25) is 0 Å². The molecule has 4 rings (SSSR count). The van der Waals surface area contributed by atoms with Crippen molar-refractivity contribution in [2.45, 2.75) is 19.8 Å². The fraction of sp³-hybridized carbons (Fsp3) is 0.167. The Labute approximate surface area is 122 Å². The summed E-state index contributed by atoms with van der Waals surface area (Å²) in [6, 6.07) is 9.96. The van der Waals surface area contributed by atoms with Crippen molar-refractivity contribution in [1.82, 2.24) is 4.98 Å². The van der Waals surface area contributed by atoms with Gasteiger partial charge in [0.2, 0.25) is 5.78 Å². The lowest BCUT2D eigenvalue weighted by Gasteiger charge is -2.13. The summed E-state index contributed by atoms with van der Waals surface area (Å²) in [4.78, 5) is 15.9. The second kappa shape index (κ2) is 4.48. The van der Waals surface area contributed by atoms with Crippen molar-refractivity contribution in [2.24, 2.45) is 0 Å². The third-order valence-corrected chi connectivity index (χ3v) is 4.08. The molecule has 2 heterocycles. The van der Waals surface area contributed by atoms with Crippen LogP contribution >= 0.6 is 0 Å². The number of carbonyl (C=O) groups is 1. The first-order valence-electron chi connectivity index (χ1n) is 7.12. The largest absolute Gasteiger partial charge is 0.465 e. The van der Waals surface area contributed by atoms with Gasteiger partial charge in [0.15, 0.2) is 0 Å². The molecular weight excluding hydrogens is 262 g/mol. The first-order valence-corrected chi connectivity index (χ1v) is 7.12. The number of ketones is 1. The standard InChI is InChI=1S/C18H15NO2/c1-11-4-7-16-15(9-11)14-6-5-12(18(20)17(14)19-16)10-13-3-2-8-21-13/h2-4,7-10,19H,5-6H2,1H3. The van der Waals surface area contributed by atoms with Gasteiger partial charge in [0.25, 0.3) is 0 Å². The molecule has 0 fully saturated rings. The second-order valence-corrected chi connectivity index (χ2v) is 5.54. The molecule has 0 bridgehead atoms. The first kappa shape index (κ1) is 12.2. The Kier molecular flexibility index (Phi) is 2.61. The zero-order valence-electron chi connectivity index (χ0n) is 11.8. The van der Waals surface area contributed by atoms with E-state index >= 15 is 0 Å². The molecule has 0 aliphatic heterocycles. The molecule has 1 N–H and O–H groups in total. The van der Waals surface area contributed by atoms with Gasteiger partial charge in [-0.25, -0.2) is 0 Å². The summed E-state index contributed by atoms with van der Waals surface area (Å²) in [5, 5.41) is 1.18.